The Labute approximate surface area is 118 Å². The van der Waals surface area contributed by atoms with E-state index in [1.165, 1.54) is 32.4 Å². The van der Waals surface area contributed by atoms with E-state index >= 15 is 0 Å². The van der Waals surface area contributed by atoms with Crippen molar-refractivity contribution in [3.63, 3.8) is 0 Å². The predicted octanol–water partition coefficient (Wildman–Crippen LogP) is 2.27. The molecule has 1 fully saturated rings. The minimum absolute atomic E-state index is 0.135. The van der Waals surface area contributed by atoms with E-state index in [1.54, 1.807) is 6.07 Å². The molecular weight excluding hydrogens is 284 g/mol. The third kappa shape index (κ3) is 2.50. The van der Waals surface area contributed by atoms with Gasteiger partial charge in [-0.15, -0.1) is 0 Å². The summed E-state index contributed by atoms with van der Waals surface area (Å²) in [5.41, 5.74) is 0.258. The number of amides is 2. The van der Waals surface area contributed by atoms with Gasteiger partial charge in [0.05, 0.1) is 16.9 Å². The number of nitro groups is 1. The van der Waals surface area contributed by atoms with Crippen molar-refractivity contribution in [3.8, 4) is 5.75 Å². The van der Waals surface area contributed by atoms with E-state index in [9.17, 15) is 19.7 Å². The number of nitrogens with zero attached hydrogens (tertiary/aromatic N) is 2. The minimum atomic E-state index is -0.568. The van der Waals surface area contributed by atoms with Crippen LogP contribution in [0.5, 0.6) is 5.75 Å². The van der Waals surface area contributed by atoms with Gasteiger partial charge in [0, 0.05) is 13.1 Å². The molecule has 8 heteroatoms. The fraction of sp³-hybridized carbons (Fsp3) is 0.167. The van der Waals surface area contributed by atoms with Crippen molar-refractivity contribution in [1.29, 1.82) is 0 Å². The second-order valence-corrected chi connectivity index (χ2v) is 4.92. The van der Waals surface area contributed by atoms with Gasteiger partial charge in [0.1, 0.15) is 0 Å². The van der Waals surface area contributed by atoms with Crippen LogP contribution >= 0.6 is 11.8 Å². The summed E-state index contributed by atoms with van der Waals surface area (Å²) in [6.45, 7) is 0. The van der Waals surface area contributed by atoms with Crippen molar-refractivity contribution in [2.75, 3.05) is 14.2 Å². The minimum Gasteiger partial charge on any atom is -0.490 e. The number of ether oxygens (including phenoxy) is 1. The van der Waals surface area contributed by atoms with Gasteiger partial charge in [0.15, 0.2) is 5.75 Å². The highest BCUT2D eigenvalue weighted by molar-refractivity contribution is 8.18. The molecule has 2 amide bonds. The average Bonchev–Trinajstić information content (AvgIpc) is 2.66. The van der Waals surface area contributed by atoms with Crippen LogP contribution in [0.1, 0.15) is 5.56 Å². The molecule has 0 spiro atoms. The maximum atomic E-state index is 11.7. The molecule has 1 aliphatic rings. The lowest BCUT2D eigenvalue weighted by Gasteiger charge is -2.03. The van der Waals surface area contributed by atoms with Gasteiger partial charge in [0.25, 0.3) is 11.1 Å². The molecule has 1 aromatic carbocycles. The average molecular weight is 294 g/mol. The summed E-state index contributed by atoms with van der Waals surface area (Å²) in [5.74, 6) is -0.283. The lowest BCUT2D eigenvalue weighted by molar-refractivity contribution is -0.385. The van der Waals surface area contributed by atoms with Crippen molar-refractivity contribution in [3.05, 3.63) is 38.8 Å². The number of likely N-dealkylation sites (N-methyl/N-ethyl adjacent to an activating group) is 1. The summed E-state index contributed by atoms with van der Waals surface area (Å²) in [4.78, 5) is 34.6. The SMILES string of the molecule is COc1ccc(/C=C2\SC(=O)N(C)C2=O)cc1[N+](=O)[O-]. The van der Waals surface area contributed by atoms with Crippen LogP contribution in [0, 0.1) is 10.1 Å². The van der Waals surface area contributed by atoms with E-state index in [-0.39, 0.29) is 21.6 Å². The first-order valence-corrected chi connectivity index (χ1v) is 6.29. The number of nitro benzene ring substituents is 1. The van der Waals surface area contributed by atoms with Gasteiger partial charge in [-0.25, -0.2) is 0 Å². The first-order chi connectivity index (χ1) is 9.43. The van der Waals surface area contributed by atoms with Crippen LogP contribution in [0.25, 0.3) is 6.08 Å². The summed E-state index contributed by atoms with van der Waals surface area (Å²) in [5, 5.41) is 10.5. The monoisotopic (exact) mass is 294 g/mol. The molecule has 0 aliphatic carbocycles. The maximum absolute atomic E-state index is 11.7. The molecule has 104 valence electrons. The van der Waals surface area contributed by atoms with Gasteiger partial charge in [-0.05, 0) is 29.5 Å². The molecule has 0 aromatic heterocycles. The molecule has 0 atom stereocenters. The lowest BCUT2D eigenvalue weighted by atomic mass is 10.1. The number of hydrogen-bond donors (Lipinski definition) is 0. The smallest absolute Gasteiger partial charge is 0.311 e. The highest BCUT2D eigenvalue weighted by Gasteiger charge is 2.31. The Bertz CT molecular complexity index is 641. The quantitative estimate of drug-likeness (QED) is 0.482. The van der Waals surface area contributed by atoms with Gasteiger partial charge in [0.2, 0.25) is 0 Å². The van der Waals surface area contributed by atoms with Gasteiger partial charge >= 0.3 is 5.69 Å². The molecule has 0 unspecified atom stereocenters. The molecule has 20 heavy (non-hydrogen) atoms. The Balaban J connectivity index is 2.40. The number of carbonyl (C=O) groups excluding carboxylic acids is 2. The molecule has 0 saturated carbocycles. The first kappa shape index (κ1) is 14.1. The van der Waals surface area contributed by atoms with Crippen LogP contribution in [0.4, 0.5) is 10.5 Å². The van der Waals surface area contributed by atoms with Crippen molar-refractivity contribution in [2.24, 2.45) is 0 Å². The van der Waals surface area contributed by atoms with Crippen molar-refractivity contribution in [1.82, 2.24) is 4.90 Å². The number of hydrogen-bond acceptors (Lipinski definition) is 6. The van der Waals surface area contributed by atoms with Gasteiger partial charge in [-0.1, -0.05) is 6.07 Å². The highest BCUT2D eigenvalue weighted by Crippen LogP contribution is 2.33. The molecule has 0 bridgehead atoms. The van der Waals surface area contributed by atoms with Crippen LogP contribution < -0.4 is 4.74 Å². The van der Waals surface area contributed by atoms with E-state index in [0.29, 0.717) is 5.56 Å². The van der Waals surface area contributed by atoms with Crippen LogP contribution in [0.2, 0.25) is 0 Å². The number of carbonyl (C=O) groups is 2. The van der Waals surface area contributed by atoms with Crippen molar-refractivity contribution < 1.29 is 19.2 Å². The van der Waals surface area contributed by atoms with E-state index in [2.05, 4.69) is 0 Å². The second-order valence-electron chi connectivity index (χ2n) is 3.93. The highest BCUT2D eigenvalue weighted by atomic mass is 32.2. The molecule has 1 aliphatic heterocycles. The molecule has 2 rings (SSSR count). The summed E-state index contributed by atoms with van der Waals surface area (Å²) in [6, 6.07) is 4.32. The summed E-state index contributed by atoms with van der Waals surface area (Å²) in [7, 11) is 2.72. The lowest BCUT2D eigenvalue weighted by Crippen LogP contribution is -2.22. The summed E-state index contributed by atoms with van der Waals surface area (Å²) >= 11 is 0.798. The first-order valence-electron chi connectivity index (χ1n) is 5.48. The molecule has 1 heterocycles. The molecule has 0 radical (unpaired) electrons. The predicted molar refractivity (Wildman–Crippen MR) is 73.4 cm³/mol. The molecule has 7 nitrogen and oxygen atoms in total. The Hall–Kier alpha value is -2.35. The van der Waals surface area contributed by atoms with Crippen LogP contribution in [-0.2, 0) is 4.79 Å². The number of benzene rings is 1. The summed E-state index contributed by atoms with van der Waals surface area (Å²) in [6.07, 6.45) is 1.45. The normalized spacial score (nSPS) is 16.9. The van der Waals surface area contributed by atoms with Gasteiger partial charge in [-0.3, -0.25) is 24.6 Å². The van der Waals surface area contributed by atoms with Crippen LogP contribution in [-0.4, -0.2) is 35.1 Å². The van der Waals surface area contributed by atoms with Crippen LogP contribution in [0.3, 0.4) is 0 Å². The molecule has 1 aromatic rings. The number of thioether (sulfide) groups is 1. The van der Waals surface area contributed by atoms with E-state index in [1.807, 2.05) is 0 Å². The Kier molecular flexibility index (Phi) is 3.75. The fourth-order valence-electron chi connectivity index (χ4n) is 1.64. The number of rotatable bonds is 3. The second kappa shape index (κ2) is 5.33. The standard InChI is InChI=1S/C12H10N2O5S/c1-13-11(15)10(20-12(13)16)6-7-3-4-9(19-2)8(5-7)14(17)18/h3-6H,1-2H3/b10-6-. The largest absolute Gasteiger partial charge is 0.490 e. The third-order valence-electron chi connectivity index (χ3n) is 2.68. The Morgan fingerprint density at radius 2 is 2.10 bits per heavy atom. The number of imide groups is 1. The summed E-state index contributed by atoms with van der Waals surface area (Å²) < 4.78 is 4.89. The van der Waals surface area contributed by atoms with Gasteiger partial charge in [-0.2, -0.15) is 0 Å². The molecule has 1 saturated heterocycles. The zero-order chi connectivity index (χ0) is 14.9. The van der Waals surface area contributed by atoms with Crippen molar-refractivity contribution >= 4 is 34.7 Å². The van der Waals surface area contributed by atoms with E-state index in [0.717, 1.165) is 16.7 Å². The number of methoxy groups -OCH3 is 1. The van der Waals surface area contributed by atoms with Crippen molar-refractivity contribution in [2.45, 2.75) is 0 Å². The fourth-order valence-corrected chi connectivity index (χ4v) is 2.46. The van der Waals surface area contributed by atoms with Crippen LogP contribution in [0.15, 0.2) is 23.1 Å². The maximum Gasteiger partial charge on any atom is 0.311 e. The van der Waals surface area contributed by atoms with Gasteiger partial charge < -0.3 is 4.74 Å². The third-order valence-corrected chi connectivity index (χ3v) is 3.64. The Morgan fingerprint density at radius 3 is 2.60 bits per heavy atom. The zero-order valence-corrected chi connectivity index (χ0v) is 11.5. The topological polar surface area (TPSA) is 89.8 Å². The Morgan fingerprint density at radius 1 is 1.40 bits per heavy atom. The molecule has 0 N–H and O–H groups in total. The van der Waals surface area contributed by atoms with E-state index in [4.69, 9.17) is 4.74 Å². The molecular formula is C12H10N2O5S. The van der Waals surface area contributed by atoms with E-state index < -0.39 is 10.8 Å². The zero-order valence-electron chi connectivity index (χ0n) is 10.7.